The third kappa shape index (κ3) is 2.98. The van der Waals surface area contributed by atoms with E-state index in [0.717, 1.165) is 4.90 Å². The molecule has 0 aliphatic carbocycles. The maximum atomic E-state index is 12.4. The number of hydrogen-bond acceptors (Lipinski definition) is 3. The van der Waals surface area contributed by atoms with Crippen molar-refractivity contribution < 1.29 is 14.4 Å². The van der Waals surface area contributed by atoms with Crippen molar-refractivity contribution in [3.63, 3.8) is 0 Å². The number of nitrogens with one attached hydrogen (secondary N) is 1. The lowest BCUT2D eigenvalue weighted by atomic mass is 10.1. The highest BCUT2D eigenvalue weighted by molar-refractivity contribution is 6.76. The lowest BCUT2D eigenvalue weighted by Gasteiger charge is -2.15. The van der Waals surface area contributed by atoms with Gasteiger partial charge in [-0.2, -0.15) is 0 Å². The molecule has 0 unspecified atom stereocenters. The lowest BCUT2D eigenvalue weighted by Crippen LogP contribution is -2.29. The van der Waals surface area contributed by atoms with E-state index in [1.807, 2.05) is 0 Å². The summed E-state index contributed by atoms with van der Waals surface area (Å²) >= 11 is 16.4. The van der Waals surface area contributed by atoms with Gasteiger partial charge in [-0.1, -0.05) is 46.9 Å². The van der Waals surface area contributed by atoms with E-state index in [1.165, 1.54) is 24.3 Å². The van der Waals surface area contributed by atoms with Gasteiger partial charge < -0.3 is 5.32 Å². The molecule has 8 heteroatoms. The minimum absolute atomic E-state index is 0.357. The Kier molecular flexibility index (Phi) is 4.25. The van der Waals surface area contributed by atoms with Crippen LogP contribution in [-0.4, -0.2) is 21.5 Å². The number of anilines is 2. The van der Waals surface area contributed by atoms with Crippen molar-refractivity contribution in [3.05, 3.63) is 59.7 Å². The number of carbonyl (C=O) groups excluding carboxylic acids is 3. The molecule has 0 bridgehead atoms. The van der Waals surface area contributed by atoms with Crippen LogP contribution in [0.3, 0.4) is 0 Å². The van der Waals surface area contributed by atoms with Crippen LogP contribution in [0.2, 0.25) is 0 Å². The molecule has 2 aromatic carbocycles. The topological polar surface area (TPSA) is 66.5 Å². The fourth-order valence-electron chi connectivity index (χ4n) is 2.32. The van der Waals surface area contributed by atoms with Crippen molar-refractivity contribution in [2.75, 3.05) is 10.2 Å². The van der Waals surface area contributed by atoms with E-state index in [2.05, 4.69) is 5.32 Å². The first kappa shape index (κ1) is 16.8. The number of fused-ring (bicyclic) bond motifs is 1. The van der Waals surface area contributed by atoms with Crippen molar-refractivity contribution >= 4 is 63.9 Å². The summed E-state index contributed by atoms with van der Waals surface area (Å²) in [5.74, 6) is -1.59. The fourth-order valence-corrected chi connectivity index (χ4v) is 2.46. The maximum Gasteiger partial charge on any atom is 0.276 e. The Morgan fingerprint density at radius 2 is 1.38 bits per heavy atom. The summed E-state index contributed by atoms with van der Waals surface area (Å²) in [6.07, 6.45) is 0. The molecule has 2 aromatic rings. The molecule has 24 heavy (non-hydrogen) atoms. The van der Waals surface area contributed by atoms with E-state index in [4.69, 9.17) is 34.8 Å². The van der Waals surface area contributed by atoms with Crippen LogP contribution < -0.4 is 10.2 Å². The zero-order valence-corrected chi connectivity index (χ0v) is 14.2. The predicted octanol–water partition coefficient (Wildman–Crippen LogP) is 3.80. The molecule has 1 aliphatic heterocycles. The zero-order chi connectivity index (χ0) is 17.5. The summed E-state index contributed by atoms with van der Waals surface area (Å²) in [5, 5.41) is 2.42. The van der Waals surface area contributed by atoms with Crippen molar-refractivity contribution in [1.29, 1.82) is 0 Å². The van der Waals surface area contributed by atoms with Gasteiger partial charge in [-0.3, -0.25) is 14.4 Å². The van der Waals surface area contributed by atoms with Crippen LogP contribution >= 0.6 is 34.8 Å². The van der Waals surface area contributed by atoms with Gasteiger partial charge in [0.1, 0.15) is 0 Å². The third-order valence-electron chi connectivity index (χ3n) is 3.43. The highest BCUT2D eigenvalue weighted by Gasteiger charge is 2.36. The molecule has 0 saturated carbocycles. The molecule has 3 amide bonds. The van der Waals surface area contributed by atoms with Crippen LogP contribution in [0, 0.1) is 0 Å². The lowest BCUT2D eigenvalue weighted by molar-refractivity contribution is -0.115. The van der Waals surface area contributed by atoms with E-state index in [0.29, 0.717) is 22.5 Å². The minimum Gasteiger partial charge on any atom is -0.322 e. The maximum absolute atomic E-state index is 12.4. The number of carbonyl (C=O) groups is 3. The summed E-state index contributed by atoms with van der Waals surface area (Å²) in [6, 6.07) is 12.7. The molecule has 1 aliphatic rings. The smallest absolute Gasteiger partial charge is 0.276 e. The number of amides is 3. The summed E-state index contributed by atoms with van der Waals surface area (Å²) in [5.41, 5.74) is 1.46. The molecule has 0 atom stereocenters. The van der Waals surface area contributed by atoms with E-state index < -0.39 is 21.5 Å². The Balaban J connectivity index is 1.84. The average molecular weight is 384 g/mol. The van der Waals surface area contributed by atoms with E-state index in [-0.39, 0.29) is 0 Å². The van der Waals surface area contributed by atoms with Crippen LogP contribution in [0.5, 0.6) is 0 Å². The van der Waals surface area contributed by atoms with E-state index >= 15 is 0 Å². The number of hydrogen-bond donors (Lipinski definition) is 1. The van der Waals surface area contributed by atoms with Crippen LogP contribution in [0.15, 0.2) is 48.5 Å². The van der Waals surface area contributed by atoms with Gasteiger partial charge in [0, 0.05) is 5.69 Å². The monoisotopic (exact) mass is 382 g/mol. The largest absolute Gasteiger partial charge is 0.322 e. The first-order chi connectivity index (χ1) is 11.3. The van der Waals surface area contributed by atoms with Gasteiger partial charge in [-0.15, -0.1) is 0 Å². The summed E-state index contributed by atoms with van der Waals surface area (Å²) < 4.78 is -2.08. The molecule has 0 aromatic heterocycles. The Morgan fingerprint density at radius 3 is 1.83 bits per heavy atom. The minimum atomic E-state index is -2.08. The van der Waals surface area contributed by atoms with Crippen molar-refractivity contribution in [2.24, 2.45) is 0 Å². The van der Waals surface area contributed by atoms with Crippen LogP contribution in [0.1, 0.15) is 20.7 Å². The average Bonchev–Trinajstić information content (AvgIpc) is 2.79. The number of alkyl halides is 3. The van der Waals surface area contributed by atoms with E-state index in [1.54, 1.807) is 24.3 Å². The second kappa shape index (κ2) is 6.09. The molecule has 0 saturated heterocycles. The SMILES string of the molecule is O=C1c2ccccc2C(=O)N1c1ccc(NC(=O)C(Cl)(Cl)Cl)cc1. The summed E-state index contributed by atoms with van der Waals surface area (Å²) in [4.78, 5) is 37.4. The number of halogens is 3. The second-order valence-corrected chi connectivity index (χ2v) is 7.27. The van der Waals surface area contributed by atoms with Gasteiger partial charge in [-0.05, 0) is 36.4 Å². The molecule has 0 spiro atoms. The van der Waals surface area contributed by atoms with Crippen LogP contribution in [0.4, 0.5) is 11.4 Å². The van der Waals surface area contributed by atoms with Gasteiger partial charge in [-0.25, -0.2) is 4.90 Å². The molecular weight excluding hydrogens is 375 g/mol. The zero-order valence-electron chi connectivity index (χ0n) is 11.9. The quantitative estimate of drug-likeness (QED) is 0.634. The second-order valence-electron chi connectivity index (χ2n) is 4.99. The fraction of sp³-hybridized carbons (Fsp3) is 0.0625. The van der Waals surface area contributed by atoms with Gasteiger partial charge >= 0.3 is 0 Å². The molecule has 122 valence electrons. The van der Waals surface area contributed by atoms with Gasteiger partial charge in [0.05, 0.1) is 16.8 Å². The van der Waals surface area contributed by atoms with Gasteiger partial charge in [0.15, 0.2) is 0 Å². The van der Waals surface area contributed by atoms with Gasteiger partial charge in [0.25, 0.3) is 21.5 Å². The molecule has 0 fully saturated rings. The number of nitrogens with zero attached hydrogens (tertiary/aromatic N) is 1. The number of rotatable bonds is 2. The molecule has 0 radical (unpaired) electrons. The molecule has 3 rings (SSSR count). The molecule has 1 heterocycles. The van der Waals surface area contributed by atoms with Crippen molar-refractivity contribution in [2.45, 2.75) is 3.79 Å². The Labute approximate surface area is 152 Å². The molecular formula is C16H9Cl3N2O3. The van der Waals surface area contributed by atoms with Crippen molar-refractivity contribution in [3.8, 4) is 0 Å². The van der Waals surface area contributed by atoms with Crippen LogP contribution in [0.25, 0.3) is 0 Å². The summed E-state index contributed by atoms with van der Waals surface area (Å²) in [6.45, 7) is 0. The highest BCUT2D eigenvalue weighted by Crippen LogP contribution is 2.30. The van der Waals surface area contributed by atoms with E-state index in [9.17, 15) is 14.4 Å². The predicted molar refractivity (Wildman–Crippen MR) is 92.9 cm³/mol. The normalized spacial score (nSPS) is 13.9. The third-order valence-corrected chi connectivity index (χ3v) is 3.95. The number of benzene rings is 2. The standard InChI is InChI=1S/C16H9Cl3N2O3/c17-16(18,19)15(24)20-9-5-7-10(8-6-9)21-13(22)11-3-1-2-4-12(11)14(21)23/h1-8H,(H,20,24). The summed E-state index contributed by atoms with van der Waals surface area (Å²) in [7, 11) is 0. The highest BCUT2D eigenvalue weighted by atomic mass is 35.6. The van der Waals surface area contributed by atoms with Crippen LogP contribution in [-0.2, 0) is 4.79 Å². The molecule has 1 N–H and O–H groups in total. The van der Waals surface area contributed by atoms with Gasteiger partial charge in [0.2, 0.25) is 0 Å². The number of imide groups is 1. The Morgan fingerprint density at radius 1 is 0.875 bits per heavy atom. The Hall–Kier alpha value is -2.08. The Bertz CT molecular complexity index is 809. The first-order valence-corrected chi connectivity index (χ1v) is 7.88. The molecule has 5 nitrogen and oxygen atoms in total. The first-order valence-electron chi connectivity index (χ1n) is 6.75. The van der Waals surface area contributed by atoms with Crippen molar-refractivity contribution in [1.82, 2.24) is 0 Å².